The molecule has 17 heavy (non-hydrogen) atoms. The Morgan fingerprint density at radius 1 is 1.41 bits per heavy atom. The van der Waals surface area contributed by atoms with Gasteiger partial charge in [0.15, 0.2) is 0 Å². The second kappa shape index (κ2) is 5.49. The molecule has 2 unspecified atom stereocenters. The molecule has 0 aliphatic heterocycles. The lowest BCUT2D eigenvalue weighted by Crippen LogP contribution is -2.26. The molecule has 0 aromatic heterocycles. The monoisotopic (exact) mass is 299 g/mol. The van der Waals surface area contributed by atoms with E-state index < -0.39 is 0 Å². The fraction of sp³-hybridized carbons (Fsp3) is 0.571. The van der Waals surface area contributed by atoms with Crippen LogP contribution in [0.25, 0.3) is 0 Å². The highest BCUT2D eigenvalue weighted by atomic mass is 79.9. The molecule has 1 N–H and O–H groups in total. The maximum Gasteiger partial charge on any atom is 0.128 e. The number of halogens is 2. The van der Waals surface area contributed by atoms with Crippen LogP contribution in [0, 0.1) is 17.7 Å². The third-order valence-corrected chi connectivity index (χ3v) is 4.09. The van der Waals surface area contributed by atoms with Gasteiger partial charge in [0, 0.05) is 16.1 Å². The highest BCUT2D eigenvalue weighted by Gasteiger charge is 2.27. The Kier molecular flexibility index (Phi) is 4.21. The molecule has 1 aliphatic rings. The first-order valence-electron chi connectivity index (χ1n) is 6.26. The van der Waals surface area contributed by atoms with E-state index in [-0.39, 0.29) is 11.9 Å². The van der Waals surface area contributed by atoms with Gasteiger partial charge in [-0.15, -0.1) is 0 Å². The van der Waals surface area contributed by atoms with E-state index in [4.69, 9.17) is 0 Å². The van der Waals surface area contributed by atoms with Gasteiger partial charge in [-0.3, -0.25) is 0 Å². The first-order chi connectivity index (χ1) is 8.08. The van der Waals surface area contributed by atoms with Gasteiger partial charge in [-0.2, -0.15) is 0 Å². The summed E-state index contributed by atoms with van der Waals surface area (Å²) in [6, 6.07) is 5.17. The van der Waals surface area contributed by atoms with Crippen LogP contribution < -0.4 is 5.32 Å². The van der Waals surface area contributed by atoms with Crippen LogP contribution in [0.3, 0.4) is 0 Å². The van der Waals surface area contributed by atoms with E-state index in [1.165, 1.54) is 18.9 Å². The van der Waals surface area contributed by atoms with E-state index in [2.05, 4.69) is 28.2 Å². The number of nitrogens with one attached hydrogen (secondary N) is 1. The van der Waals surface area contributed by atoms with Gasteiger partial charge in [-0.1, -0.05) is 22.9 Å². The van der Waals surface area contributed by atoms with Crippen LogP contribution >= 0.6 is 15.9 Å². The third-order valence-electron chi connectivity index (χ3n) is 3.60. The zero-order valence-corrected chi connectivity index (χ0v) is 11.9. The lowest BCUT2D eigenvalue weighted by atomic mass is 10.0. The zero-order valence-electron chi connectivity index (χ0n) is 10.3. The topological polar surface area (TPSA) is 12.0 Å². The van der Waals surface area contributed by atoms with Crippen molar-refractivity contribution in [1.29, 1.82) is 0 Å². The summed E-state index contributed by atoms with van der Waals surface area (Å²) in [5.74, 6) is 1.46. The summed E-state index contributed by atoms with van der Waals surface area (Å²) in [6.07, 6.45) is 2.73. The largest absolute Gasteiger partial charge is 0.310 e. The molecule has 0 spiro atoms. The predicted molar refractivity (Wildman–Crippen MR) is 72.4 cm³/mol. The Morgan fingerprint density at radius 2 is 2.12 bits per heavy atom. The van der Waals surface area contributed by atoms with Crippen LogP contribution in [0.2, 0.25) is 0 Å². The van der Waals surface area contributed by atoms with Gasteiger partial charge in [0.05, 0.1) is 0 Å². The summed E-state index contributed by atoms with van der Waals surface area (Å²) in [7, 11) is 0. The molecular formula is C14H19BrFN. The Balaban J connectivity index is 1.93. The molecule has 2 rings (SSSR count). The zero-order chi connectivity index (χ0) is 12.4. The fourth-order valence-electron chi connectivity index (χ4n) is 2.15. The van der Waals surface area contributed by atoms with Crippen LogP contribution in [0.15, 0.2) is 22.7 Å². The maximum absolute atomic E-state index is 13.7. The summed E-state index contributed by atoms with van der Waals surface area (Å²) in [4.78, 5) is 0. The first kappa shape index (κ1) is 13.0. The van der Waals surface area contributed by atoms with Crippen LogP contribution in [0.1, 0.15) is 38.3 Å². The van der Waals surface area contributed by atoms with Gasteiger partial charge < -0.3 is 5.32 Å². The van der Waals surface area contributed by atoms with Gasteiger partial charge in [-0.05, 0) is 56.3 Å². The van der Waals surface area contributed by atoms with Crippen molar-refractivity contribution in [2.24, 2.45) is 11.8 Å². The first-order valence-corrected chi connectivity index (χ1v) is 7.05. The van der Waals surface area contributed by atoms with Crippen molar-refractivity contribution in [3.63, 3.8) is 0 Å². The van der Waals surface area contributed by atoms with Gasteiger partial charge in [-0.25, -0.2) is 4.39 Å². The van der Waals surface area contributed by atoms with Crippen molar-refractivity contribution in [2.75, 3.05) is 6.54 Å². The Hall–Kier alpha value is -0.410. The lowest BCUT2D eigenvalue weighted by Gasteiger charge is -2.18. The van der Waals surface area contributed by atoms with Crippen molar-refractivity contribution in [3.8, 4) is 0 Å². The Labute approximate surface area is 111 Å². The number of hydrogen-bond acceptors (Lipinski definition) is 1. The van der Waals surface area contributed by atoms with Gasteiger partial charge >= 0.3 is 0 Å². The summed E-state index contributed by atoms with van der Waals surface area (Å²) in [5.41, 5.74) is 0.738. The minimum Gasteiger partial charge on any atom is -0.310 e. The van der Waals surface area contributed by atoms with E-state index in [0.29, 0.717) is 5.92 Å². The van der Waals surface area contributed by atoms with E-state index >= 15 is 0 Å². The van der Waals surface area contributed by atoms with Crippen LogP contribution in [0.5, 0.6) is 0 Å². The lowest BCUT2D eigenvalue weighted by molar-refractivity contribution is 0.425. The molecule has 1 aromatic rings. The van der Waals surface area contributed by atoms with Crippen molar-refractivity contribution in [1.82, 2.24) is 5.32 Å². The second-order valence-electron chi connectivity index (χ2n) is 5.11. The van der Waals surface area contributed by atoms with Crippen molar-refractivity contribution in [3.05, 3.63) is 34.1 Å². The quantitative estimate of drug-likeness (QED) is 0.855. The highest BCUT2D eigenvalue weighted by Crippen LogP contribution is 2.36. The molecule has 0 bridgehead atoms. The van der Waals surface area contributed by atoms with E-state index in [9.17, 15) is 4.39 Å². The summed E-state index contributed by atoms with van der Waals surface area (Å²) < 4.78 is 14.6. The molecule has 0 heterocycles. The predicted octanol–water partition coefficient (Wildman–Crippen LogP) is 4.28. The Morgan fingerprint density at radius 3 is 2.76 bits per heavy atom. The maximum atomic E-state index is 13.7. The molecule has 0 amide bonds. The molecule has 1 nitrogen and oxygen atoms in total. The highest BCUT2D eigenvalue weighted by molar-refractivity contribution is 9.10. The Bertz CT molecular complexity index is 390. The smallest absolute Gasteiger partial charge is 0.128 e. The number of benzene rings is 1. The van der Waals surface area contributed by atoms with Crippen LogP contribution in [-0.4, -0.2) is 6.54 Å². The molecular weight excluding hydrogens is 281 g/mol. The summed E-state index contributed by atoms with van der Waals surface area (Å²) >= 11 is 3.38. The standard InChI is InChI=1S/C14H19BrFN/c1-9(11-3-4-11)8-17-10(2)13-7-12(15)5-6-14(13)16/h5-7,9-11,17H,3-4,8H2,1-2H3. The van der Waals surface area contributed by atoms with Gasteiger partial charge in [0.2, 0.25) is 0 Å². The van der Waals surface area contributed by atoms with Crippen molar-refractivity contribution in [2.45, 2.75) is 32.7 Å². The van der Waals surface area contributed by atoms with E-state index in [1.807, 2.05) is 13.0 Å². The van der Waals surface area contributed by atoms with Gasteiger partial charge in [0.1, 0.15) is 5.82 Å². The average molecular weight is 300 g/mol. The number of rotatable bonds is 5. The average Bonchev–Trinajstić information content (AvgIpc) is 3.12. The minimum atomic E-state index is -0.132. The SMILES string of the molecule is CC(NCC(C)C1CC1)c1cc(Br)ccc1F. The normalized spacial score (nSPS) is 19.1. The van der Waals surface area contributed by atoms with Crippen molar-refractivity contribution < 1.29 is 4.39 Å². The molecule has 0 saturated heterocycles. The molecule has 94 valence electrons. The molecule has 2 atom stereocenters. The molecule has 1 fully saturated rings. The van der Waals surface area contributed by atoms with E-state index in [1.54, 1.807) is 6.07 Å². The molecule has 3 heteroatoms. The minimum absolute atomic E-state index is 0.0636. The van der Waals surface area contributed by atoms with Crippen LogP contribution in [0.4, 0.5) is 4.39 Å². The summed E-state index contributed by atoms with van der Waals surface area (Å²) in [6.45, 7) is 5.26. The second-order valence-corrected chi connectivity index (χ2v) is 6.03. The van der Waals surface area contributed by atoms with Crippen molar-refractivity contribution >= 4 is 15.9 Å². The van der Waals surface area contributed by atoms with E-state index in [0.717, 1.165) is 22.5 Å². The molecule has 0 radical (unpaired) electrons. The molecule has 1 aromatic carbocycles. The molecule has 1 saturated carbocycles. The fourth-order valence-corrected chi connectivity index (χ4v) is 2.53. The number of hydrogen-bond donors (Lipinski definition) is 1. The molecule has 1 aliphatic carbocycles. The summed E-state index contributed by atoms with van der Waals surface area (Å²) in [5, 5.41) is 3.43. The van der Waals surface area contributed by atoms with Crippen LogP contribution in [-0.2, 0) is 0 Å². The third kappa shape index (κ3) is 3.52. The van der Waals surface area contributed by atoms with Gasteiger partial charge in [0.25, 0.3) is 0 Å².